The smallest absolute Gasteiger partial charge is 0.306 e. The highest BCUT2D eigenvalue weighted by Gasteiger charge is 2.26. The number of rotatable bonds is 7. The van der Waals surface area contributed by atoms with Crippen molar-refractivity contribution in [3.05, 3.63) is 85.3 Å². The molecule has 4 aromatic rings. The number of para-hydroxylation sites is 1. The SMILES string of the molecule is CC[C@H]1CCc2c(sc3nc(SCC(=O)Nc4ccc(F)c([N+](=O)[O-])c4)n(-c4ccccc4)c(=O)c23)C1. The quantitative estimate of drug-likeness (QED) is 0.139. The summed E-state index contributed by atoms with van der Waals surface area (Å²) in [4.78, 5) is 43.4. The summed E-state index contributed by atoms with van der Waals surface area (Å²) in [7, 11) is 0. The molecule has 1 amide bonds. The highest BCUT2D eigenvalue weighted by molar-refractivity contribution is 7.99. The number of carbonyl (C=O) groups excluding carboxylic acids is 1. The Bertz CT molecular complexity index is 1570. The molecular weight excluding hydrogens is 515 g/mol. The molecule has 2 aromatic heterocycles. The van der Waals surface area contributed by atoms with Crippen molar-refractivity contribution >= 4 is 50.6 Å². The molecule has 0 spiro atoms. The lowest BCUT2D eigenvalue weighted by Crippen LogP contribution is -2.23. The van der Waals surface area contributed by atoms with Crippen LogP contribution < -0.4 is 10.9 Å². The Labute approximate surface area is 219 Å². The molecule has 190 valence electrons. The van der Waals surface area contributed by atoms with Crippen LogP contribution in [-0.4, -0.2) is 26.1 Å². The first-order valence-electron chi connectivity index (χ1n) is 11.8. The summed E-state index contributed by atoms with van der Waals surface area (Å²) in [6.07, 6.45) is 3.96. The summed E-state index contributed by atoms with van der Waals surface area (Å²) in [6, 6.07) is 12.3. The molecule has 11 heteroatoms. The molecule has 37 heavy (non-hydrogen) atoms. The van der Waals surface area contributed by atoms with Gasteiger partial charge in [-0.3, -0.25) is 24.3 Å². The van der Waals surface area contributed by atoms with E-state index >= 15 is 0 Å². The number of hydrogen-bond donors (Lipinski definition) is 1. The number of fused-ring (bicyclic) bond motifs is 3. The Morgan fingerprint density at radius 2 is 2.08 bits per heavy atom. The second kappa shape index (κ2) is 10.4. The molecule has 1 aliphatic carbocycles. The standard InChI is InChI=1S/C26H23FN4O4S2/c1-2-15-8-10-18-21(12-15)37-24-23(18)25(33)30(17-6-4-3-5-7-17)26(29-24)36-14-22(32)28-16-9-11-19(27)20(13-16)31(34)35/h3-7,9,11,13,15H,2,8,10,12,14H2,1H3,(H,28,32)/t15-/m0/s1. The van der Waals surface area contributed by atoms with E-state index in [9.17, 15) is 24.1 Å². The Hall–Kier alpha value is -3.57. The second-order valence-electron chi connectivity index (χ2n) is 8.83. The maximum atomic E-state index is 13.8. The van der Waals surface area contributed by atoms with Gasteiger partial charge in [-0.1, -0.05) is 43.3 Å². The van der Waals surface area contributed by atoms with Crippen LogP contribution in [0, 0.1) is 21.8 Å². The fourth-order valence-electron chi connectivity index (χ4n) is 4.58. The summed E-state index contributed by atoms with van der Waals surface area (Å²) in [5, 5.41) is 14.6. The van der Waals surface area contributed by atoms with Crippen molar-refractivity contribution in [1.82, 2.24) is 9.55 Å². The molecule has 0 saturated carbocycles. The highest BCUT2D eigenvalue weighted by Crippen LogP contribution is 2.38. The van der Waals surface area contributed by atoms with E-state index in [1.807, 2.05) is 30.3 Å². The van der Waals surface area contributed by atoms with Gasteiger partial charge in [-0.2, -0.15) is 4.39 Å². The number of nitro groups is 1. The number of nitro benzene ring substituents is 1. The van der Waals surface area contributed by atoms with Crippen molar-refractivity contribution < 1.29 is 14.1 Å². The Kier molecular flexibility index (Phi) is 7.07. The van der Waals surface area contributed by atoms with Crippen LogP contribution in [0.25, 0.3) is 15.9 Å². The average molecular weight is 539 g/mol. The van der Waals surface area contributed by atoms with Crippen molar-refractivity contribution in [2.24, 2.45) is 5.92 Å². The summed E-state index contributed by atoms with van der Waals surface area (Å²) < 4.78 is 15.2. The zero-order chi connectivity index (χ0) is 26.1. The van der Waals surface area contributed by atoms with Gasteiger partial charge in [-0.05, 0) is 55.0 Å². The molecule has 0 radical (unpaired) electrons. The minimum atomic E-state index is -0.981. The molecule has 5 rings (SSSR count). The van der Waals surface area contributed by atoms with Gasteiger partial charge in [0.2, 0.25) is 11.7 Å². The number of nitrogens with zero attached hydrogens (tertiary/aromatic N) is 3. The van der Waals surface area contributed by atoms with Crippen LogP contribution >= 0.6 is 23.1 Å². The third-order valence-corrected chi connectivity index (χ3v) is 8.59. The van der Waals surface area contributed by atoms with Crippen LogP contribution in [0.1, 0.15) is 30.2 Å². The summed E-state index contributed by atoms with van der Waals surface area (Å²) in [5.41, 5.74) is 0.988. The molecule has 0 saturated heterocycles. The first kappa shape index (κ1) is 25.1. The van der Waals surface area contributed by atoms with Gasteiger partial charge < -0.3 is 5.32 Å². The molecular formula is C26H23FN4O4S2. The van der Waals surface area contributed by atoms with Crippen molar-refractivity contribution in [2.45, 2.75) is 37.8 Å². The number of thioether (sulfide) groups is 1. The largest absolute Gasteiger partial charge is 0.325 e. The summed E-state index contributed by atoms with van der Waals surface area (Å²) in [5.74, 6) is -0.933. The Balaban J connectivity index is 1.47. The van der Waals surface area contributed by atoms with Gasteiger partial charge in [0.15, 0.2) is 5.16 Å². The van der Waals surface area contributed by atoms with E-state index in [1.54, 1.807) is 15.9 Å². The summed E-state index contributed by atoms with van der Waals surface area (Å²) in [6.45, 7) is 2.19. The maximum Gasteiger partial charge on any atom is 0.306 e. The van der Waals surface area contributed by atoms with Crippen molar-refractivity contribution in [2.75, 3.05) is 11.1 Å². The van der Waals surface area contributed by atoms with E-state index in [1.165, 1.54) is 10.9 Å². The molecule has 0 bridgehead atoms. The van der Waals surface area contributed by atoms with Crippen LogP contribution in [0.3, 0.4) is 0 Å². The van der Waals surface area contributed by atoms with Gasteiger partial charge in [0.25, 0.3) is 5.56 Å². The zero-order valence-electron chi connectivity index (χ0n) is 19.9. The normalized spacial score (nSPS) is 14.9. The van der Waals surface area contributed by atoms with Gasteiger partial charge in [0.05, 0.1) is 21.7 Å². The molecule has 2 heterocycles. The van der Waals surface area contributed by atoms with Gasteiger partial charge in [0, 0.05) is 16.6 Å². The molecule has 8 nitrogen and oxygen atoms in total. The first-order valence-corrected chi connectivity index (χ1v) is 13.6. The van der Waals surface area contributed by atoms with E-state index in [2.05, 4.69) is 12.2 Å². The van der Waals surface area contributed by atoms with Crippen LogP contribution in [0.5, 0.6) is 0 Å². The lowest BCUT2D eigenvalue weighted by molar-refractivity contribution is -0.387. The summed E-state index contributed by atoms with van der Waals surface area (Å²) >= 11 is 2.66. The Morgan fingerprint density at radius 3 is 2.81 bits per heavy atom. The van der Waals surface area contributed by atoms with Gasteiger partial charge in [-0.15, -0.1) is 11.3 Å². The molecule has 1 atom stereocenters. The average Bonchev–Trinajstić information content (AvgIpc) is 3.26. The van der Waals surface area contributed by atoms with E-state index in [0.29, 0.717) is 27.0 Å². The van der Waals surface area contributed by atoms with Gasteiger partial charge in [0.1, 0.15) is 4.83 Å². The van der Waals surface area contributed by atoms with Crippen LogP contribution in [0.15, 0.2) is 58.5 Å². The number of thiophene rings is 1. The molecule has 0 aliphatic heterocycles. The first-order chi connectivity index (χ1) is 17.9. The molecule has 0 fully saturated rings. The maximum absolute atomic E-state index is 13.8. The fourth-order valence-corrected chi connectivity index (χ4v) is 6.77. The lowest BCUT2D eigenvalue weighted by Gasteiger charge is -2.20. The minimum Gasteiger partial charge on any atom is -0.325 e. The number of nitrogens with one attached hydrogen (secondary N) is 1. The number of aromatic nitrogens is 2. The van der Waals surface area contributed by atoms with Crippen molar-refractivity contribution in [1.29, 1.82) is 0 Å². The van der Waals surface area contributed by atoms with Crippen LogP contribution in [0.2, 0.25) is 0 Å². The number of hydrogen-bond acceptors (Lipinski definition) is 7. The molecule has 2 aromatic carbocycles. The third-order valence-electron chi connectivity index (χ3n) is 6.50. The minimum absolute atomic E-state index is 0.0983. The topological polar surface area (TPSA) is 107 Å². The van der Waals surface area contributed by atoms with E-state index in [0.717, 1.165) is 55.1 Å². The number of benzene rings is 2. The number of halogens is 1. The third kappa shape index (κ3) is 5.01. The molecule has 0 unspecified atom stereocenters. The molecule has 1 N–H and O–H groups in total. The van der Waals surface area contributed by atoms with Crippen LogP contribution in [0.4, 0.5) is 15.8 Å². The lowest BCUT2D eigenvalue weighted by atomic mass is 9.86. The predicted octanol–water partition coefficient (Wildman–Crippen LogP) is 5.74. The Morgan fingerprint density at radius 1 is 1.30 bits per heavy atom. The monoisotopic (exact) mass is 538 g/mol. The van der Waals surface area contributed by atoms with Crippen LogP contribution in [-0.2, 0) is 17.6 Å². The van der Waals surface area contributed by atoms with Crippen molar-refractivity contribution in [3.8, 4) is 5.69 Å². The van der Waals surface area contributed by atoms with Crippen molar-refractivity contribution in [3.63, 3.8) is 0 Å². The number of amides is 1. The predicted molar refractivity (Wildman–Crippen MR) is 143 cm³/mol. The van der Waals surface area contributed by atoms with Gasteiger partial charge >= 0.3 is 5.69 Å². The van der Waals surface area contributed by atoms with Gasteiger partial charge in [-0.25, -0.2) is 4.98 Å². The second-order valence-corrected chi connectivity index (χ2v) is 10.9. The molecule has 1 aliphatic rings. The zero-order valence-corrected chi connectivity index (χ0v) is 21.5. The number of aryl methyl sites for hydroxylation is 1. The van der Waals surface area contributed by atoms with E-state index in [-0.39, 0.29) is 17.0 Å². The van der Waals surface area contributed by atoms with E-state index < -0.39 is 22.3 Å². The fraction of sp³-hybridized carbons (Fsp3) is 0.269. The van der Waals surface area contributed by atoms with E-state index in [4.69, 9.17) is 4.98 Å². The number of anilines is 1. The highest BCUT2D eigenvalue weighted by atomic mass is 32.2. The number of carbonyl (C=O) groups is 1.